The molecule has 0 aliphatic heterocycles. The monoisotopic (exact) mass is 456 g/mol. The van der Waals surface area contributed by atoms with Gasteiger partial charge in [-0.3, -0.25) is 14.3 Å². The molecule has 8 heteroatoms. The first kappa shape index (κ1) is 22.6. The van der Waals surface area contributed by atoms with Gasteiger partial charge in [0.15, 0.2) is 11.5 Å². The summed E-state index contributed by atoms with van der Waals surface area (Å²) in [5, 5.41) is 9.60. The highest BCUT2D eigenvalue weighted by molar-refractivity contribution is 6.04. The van der Waals surface area contributed by atoms with Gasteiger partial charge in [-0.25, -0.2) is 0 Å². The molecule has 0 aliphatic rings. The predicted octanol–water partition coefficient (Wildman–Crippen LogP) is 4.83. The second kappa shape index (κ2) is 10.4. The van der Waals surface area contributed by atoms with E-state index >= 15 is 0 Å². The van der Waals surface area contributed by atoms with E-state index in [0.717, 1.165) is 11.3 Å². The van der Waals surface area contributed by atoms with Crippen LogP contribution in [0.1, 0.15) is 32.4 Å². The summed E-state index contributed by atoms with van der Waals surface area (Å²) in [5.74, 6) is 0.759. The Kier molecular flexibility index (Phi) is 6.88. The lowest BCUT2D eigenvalue weighted by Gasteiger charge is -2.09. The molecule has 0 atom stereocenters. The highest BCUT2D eigenvalue weighted by Crippen LogP contribution is 2.21. The first-order chi connectivity index (χ1) is 16.5. The van der Waals surface area contributed by atoms with Gasteiger partial charge in [0.2, 0.25) is 0 Å². The Hall–Kier alpha value is -4.59. The number of nitrogens with zero attached hydrogens (tertiary/aromatic N) is 2. The summed E-state index contributed by atoms with van der Waals surface area (Å²) in [6.45, 7) is 3.96. The molecule has 0 aliphatic carbocycles. The summed E-state index contributed by atoms with van der Waals surface area (Å²) >= 11 is 0. The van der Waals surface area contributed by atoms with E-state index in [9.17, 15) is 9.59 Å². The highest BCUT2D eigenvalue weighted by atomic mass is 16.5. The van der Waals surface area contributed by atoms with E-state index in [4.69, 9.17) is 9.15 Å². The van der Waals surface area contributed by atoms with Crippen molar-refractivity contribution >= 4 is 23.2 Å². The molecule has 2 aromatic heterocycles. The van der Waals surface area contributed by atoms with E-state index in [2.05, 4.69) is 22.3 Å². The Morgan fingerprint density at radius 1 is 1.00 bits per heavy atom. The molecule has 8 nitrogen and oxygen atoms in total. The fraction of sp³-hybridized carbons (Fsp3) is 0.115. The molecule has 2 heterocycles. The number of anilines is 2. The maximum Gasteiger partial charge on any atom is 0.291 e. The van der Waals surface area contributed by atoms with Gasteiger partial charge >= 0.3 is 0 Å². The van der Waals surface area contributed by atoms with Crippen molar-refractivity contribution in [2.45, 2.75) is 13.0 Å². The van der Waals surface area contributed by atoms with Gasteiger partial charge in [0.05, 0.1) is 0 Å². The molecule has 2 N–H and O–H groups in total. The summed E-state index contributed by atoms with van der Waals surface area (Å²) in [6.07, 6.45) is 4.22. The van der Waals surface area contributed by atoms with Crippen molar-refractivity contribution in [2.75, 3.05) is 10.6 Å². The number of ether oxygens (including phenoxy) is 1. The number of carbonyl (C=O) groups is 2. The van der Waals surface area contributed by atoms with Gasteiger partial charge in [0.1, 0.15) is 18.1 Å². The molecular formula is C26H24N4O4. The lowest BCUT2D eigenvalue weighted by Crippen LogP contribution is -2.13. The van der Waals surface area contributed by atoms with Gasteiger partial charge in [-0.1, -0.05) is 24.3 Å². The lowest BCUT2D eigenvalue weighted by atomic mass is 10.1. The van der Waals surface area contributed by atoms with Crippen LogP contribution < -0.4 is 15.4 Å². The lowest BCUT2D eigenvalue weighted by molar-refractivity contribution is 0.0990. The van der Waals surface area contributed by atoms with E-state index in [1.165, 1.54) is 0 Å². The third-order valence-corrected chi connectivity index (χ3v) is 4.94. The standard InChI is InChI=1S/C26H24N4O4/c1-3-6-18-7-4-5-8-23(18)33-17-21-13-14-24(34-21)26(32)28-20-11-9-19(10-12-20)27-25(31)22-15-16-30(2)29-22/h3-5,7-16H,1,6,17H2,2H3,(H,27,31)(H,28,32). The molecule has 0 radical (unpaired) electrons. The zero-order valence-electron chi connectivity index (χ0n) is 18.7. The highest BCUT2D eigenvalue weighted by Gasteiger charge is 2.13. The second-order valence-electron chi connectivity index (χ2n) is 7.52. The van der Waals surface area contributed by atoms with Crippen LogP contribution in [0, 0.1) is 0 Å². The average Bonchev–Trinajstić information content (AvgIpc) is 3.49. The van der Waals surface area contributed by atoms with E-state index < -0.39 is 0 Å². The van der Waals surface area contributed by atoms with Gasteiger partial charge < -0.3 is 19.8 Å². The van der Waals surface area contributed by atoms with Crippen LogP contribution in [0.15, 0.2) is 90.0 Å². The molecule has 0 bridgehead atoms. The SMILES string of the molecule is C=CCc1ccccc1OCc1ccc(C(=O)Nc2ccc(NC(=O)c3ccn(C)n3)cc2)o1. The molecule has 2 amide bonds. The minimum atomic E-state index is -0.386. The number of aryl methyl sites for hydroxylation is 1. The van der Waals surface area contributed by atoms with E-state index in [0.29, 0.717) is 29.2 Å². The van der Waals surface area contributed by atoms with Crippen LogP contribution in [-0.2, 0) is 20.1 Å². The van der Waals surface area contributed by atoms with Crippen LogP contribution in [0.3, 0.4) is 0 Å². The quantitative estimate of drug-likeness (QED) is 0.352. The normalized spacial score (nSPS) is 10.5. The summed E-state index contributed by atoms with van der Waals surface area (Å²) < 4.78 is 13.1. The Morgan fingerprint density at radius 2 is 1.71 bits per heavy atom. The number of hydrogen-bond donors (Lipinski definition) is 2. The Bertz CT molecular complexity index is 1300. The summed E-state index contributed by atoms with van der Waals surface area (Å²) in [4.78, 5) is 24.7. The number of allylic oxidation sites excluding steroid dienone is 1. The van der Waals surface area contributed by atoms with Crippen molar-refractivity contribution in [1.82, 2.24) is 9.78 Å². The molecule has 34 heavy (non-hydrogen) atoms. The Labute approximate surface area is 196 Å². The summed E-state index contributed by atoms with van der Waals surface area (Å²) in [5.41, 5.74) is 2.50. The van der Waals surface area contributed by atoms with Gasteiger partial charge in [-0.05, 0) is 60.5 Å². The minimum Gasteiger partial charge on any atom is -0.485 e. The number of para-hydroxylation sites is 1. The number of nitrogens with one attached hydrogen (secondary N) is 2. The maximum absolute atomic E-state index is 12.6. The van der Waals surface area contributed by atoms with Crippen molar-refractivity contribution in [1.29, 1.82) is 0 Å². The zero-order valence-corrected chi connectivity index (χ0v) is 18.7. The summed E-state index contributed by atoms with van der Waals surface area (Å²) in [7, 11) is 1.74. The molecule has 0 fully saturated rings. The van der Waals surface area contributed by atoms with E-state index in [1.54, 1.807) is 60.4 Å². The number of benzene rings is 2. The van der Waals surface area contributed by atoms with Crippen LogP contribution in [-0.4, -0.2) is 21.6 Å². The largest absolute Gasteiger partial charge is 0.485 e. The van der Waals surface area contributed by atoms with Gasteiger partial charge in [-0.15, -0.1) is 6.58 Å². The third-order valence-electron chi connectivity index (χ3n) is 4.94. The maximum atomic E-state index is 12.6. The van der Waals surface area contributed by atoms with Crippen LogP contribution in [0.2, 0.25) is 0 Å². The van der Waals surface area contributed by atoms with Gasteiger partial charge in [0.25, 0.3) is 11.8 Å². The first-order valence-corrected chi connectivity index (χ1v) is 10.6. The second-order valence-corrected chi connectivity index (χ2v) is 7.52. The Balaban J connectivity index is 1.32. The summed E-state index contributed by atoms with van der Waals surface area (Å²) in [6, 6.07) is 19.4. The van der Waals surface area contributed by atoms with Gasteiger partial charge in [-0.2, -0.15) is 5.10 Å². The Morgan fingerprint density at radius 3 is 2.38 bits per heavy atom. The van der Waals surface area contributed by atoms with Crippen molar-refractivity contribution < 1.29 is 18.7 Å². The molecule has 0 unspecified atom stereocenters. The molecule has 0 saturated heterocycles. The number of amides is 2. The van der Waals surface area contributed by atoms with Crippen molar-refractivity contribution in [3.8, 4) is 5.75 Å². The van der Waals surface area contributed by atoms with Crippen molar-refractivity contribution in [2.24, 2.45) is 7.05 Å². The fourth-order valence-corrected chi connectivity index (χ4v) is 3.26. The predicted molar refractivity (Wildman–Crippen MR) is 129 cm³/mol. The van der Waals surface area contributed by atoms with E-state index in [1.807, 2.05) is 30.3 Å². The fourth-order valence-electron chi connectivity index (χ4n) is 3.26. The molecule has 0 saturated carbocycles. The first-order valence-electron chi connectivity index (χ1n) is 10.6. The van der Waals surface area contributed by atoms with E-state index in [-0.39, 0.29) is 24.2 Å². The van der Waals surface area contributed by atoms with Crippen LogP contribution in [0.5, 0.6) is 5.75 Å². The smallest absolute Gasteiger partial charge is 0.291 e. The van der Waals surface area contributed by atoms with Gasteiger partial charge in [0, 0.05) is 24.6 Å². The molecule has 172 valence electrons. The minimum absolute atomic E-state index is 0.172. The molecule has 4 rings (SSSR count). The molecule has 2 aromatic carbocycles. The third kappa shape index (κ3) is 5.60. The molecule has 0 spiro atoms. The van der Waals surface area contributed by atoms with Crippen molar-refractivity contribution in [3.63, 3.8) is 0 Å². The average molecular weight is 457 g/mol. The number of furan rings is 1. The number of rotatable bonds is 9. The zero-order chi connectivity index (χ0) is 23.9. The topological polar surface area (TPSA) is 98.4 Å². The van der Waals surface area contributed by atoms with Crippen LogP contribution in [0.4, 0.5) is 11.4 Å². The number of hydrogen-bond acceptors (Lipinski definition) is 5. The molecular weight excluding hydrogens is 432 g/mol. The van der Waals surface area contributed by atoms with Crippen LogP contribution >= 0.6 is 0 Å². The van der Waals surface area contributed by atoms with Crippen LogP contribution in [0.25, 0.3) is 0 Å². The molecule has 4 aromatic rings. The number of carbonyl (C=O) groups excluding carboxylic acids is 2. The number of aromatic nitrogens is 2. The van der Waals surface area contributed by atoms with Crippen molar-refractivity contribution in [3.05, 3.63) is 108 Å².